The Bertz CT molecular complexity index is 679. The van der Waals surface area contributed by atoms with Crippen LogP contribution in [0.4, 0.5) is 0 Å². The molecule has 0 unspecified atom stereocenters. The first-order valence-electron chi connectivity index (χ1n) is 7.03. The quantitative estimate of drug-likeness (QED) is 0.932. The number of ether oxygens (including phenoxy) is 1. The van der Waals surface area contributed by atoms with Gasteiger partial charge in [0.1, 0.15) is 18.2 Å². The van der Waals surface area contributed by atoms with Gasteiger partial charge in [-0.1, -0.05) is 0 Å². The number of carboxylic acid groups (broad SMARTS) is 1. The first kappa shape index (κ1) is 13.6. The van der Waals surface area contributed by atoms with Crippen molar-refractivity contribution < 1.29 is 14.6 Å². The maximum atomic E-state index is 11.0. The summed E-state index contributed by atoms with van der Waals surface area (Å²) in [6.07, 6.45) is 3.28. The summed E-state index contributed by atoms with van der Waals surface area (Å²) in [7, 11) is 0. The molecule has 1 N–H and O–H groups in total. The third-order valence-electron chi connectivity index (χ3n) is 3.73. The van der Waals surface area contributed by atoms with Crippen molar-refractivity contribution in [3.8, 4) is 5.75 Å². The van der Waals surface area contributed by atoms with Crippen molar-refractivity contribution in [3.05, 3.63) is 41.0 Å². The Morgan fingerprint density at radius 3 is 3.00 bits per heavy atom. The minimum atomic E-state index is -0.925. The summed E-state index contributed by atoms with van der Waals surface area (Å²) in [6, 6.07) is 4.97. The standard InChI is InChI=1S/C15H17N3O3/c1-10-8-11(5-6-12(10)15(19)20)21-9-14-17-16-13-4-2-3-7-18(13)14/h5-6,8H,2-4,7,9H2,1H3,(H,19,20). The molecule has 0 spiro atoms. The van der Waals surface area contributed by atoms with E-state index in [-0.39, 0.29) is 0 Å². The highest BCUT2D eigenvalue weighted by atomic mass is 16.5. The average molecular weight is 287 g/mol. The fourth-order valence-electron chi connectivity index (χ4n) is 2.59. The first-order chi connectivity index (χ1) is 10.1. The van der Waals surface area contributed by atoms with Gasteiger partial charge in [0.2, 0.25) is 0 Å². The van der Waals surface area contributed by atoms with Crippen LogP contribution >= 0.6 is 0 Å². The highest BCUT2D eigenvalue weighted by Gasteiger charge is 2.16. The zero-order valence-corrected chi connectivity index (χ0v) is 11.9. The van der Waals surface area contributed by atoms with Gasteiger partial charge in [-0.15, -0.1) is 10.2 Å². The van der Waals surface area contributed by atoms with Crippen molar-refractivity contribution >= 4 is 5.97 Å². The smallest absolute Gasteiger partial charge is 0.335 e. The predicted molar refractivity (Wildman–Crippen MR) is 75.4 cm³/mol. The molecular formula is C15H17N3O3. The van der Waals surface area contributed by atoms with Crippen molar-refractivity contribution in [2.45, 2.75) is 39.3 Å². The maximum Gasteiger partial charge on any atom is 0.335 e. The van der Waals surface area contributed by atoms with Crippen LogP contribution in [0.2, 0.25) is 0 Å². The largest absolute Gasteiger partial charge is 0.486 e. The molecular weight excluding hydrogens is 270 g/mol. The van der Waals surface area contributed by atoms with Gasteiger partial charge in [-0.25, -0.2) is 4.79 Å². The summed E-state index contributed by atoms with van der Waals surface area (Å²) in [6.45, 7) is 3.05. The molecule has 110 valence electrons. The van der Waals surface area contributed by atoms with E-state index in [2.05, 4.69) is 14.8 Å². The molecule has 6 nitrogen and oxygen atoms in total. The summed E-state index contributed by atoms with van der Waals surface area (Å²) < 4.78 is 7.83. The molecule has 0 amide bonds. The van der Waals surface area contributed by atoms with Gasteiger partial charge in [0.25, 0.3) is 0 Å². The van der Waals surface area contributed by atoms with E-state index in [9.17, 15) is 4.79 Å². The molecule has 1 aromatic carbocycles. The van der Waals surface area contributed by atoms with Crippen molar-refractivity contribution in [2.75, 3.05) is 0 Å². The third-order valence-corrected chi connectivity index (χ3v) is 3.73. The lowest BCUT2D eigenvalue weighted by Gasteiger charge is -2.15. The normalized spacial score (nSPS) is 13.8. The summed E-state index contributed by atoms with van der Waals surface area (Å²) in [4.78, 5) is 11.0. The number of aromatic carboxylic acids is 1. The van der Waals surface area contributed by atoms with E-state index < -0.39 is 5.97 Å². The Morgan fingerprint density at radius 2 is 2.24 bits per heavy atom. The Labute approximate surface area is 122 Å². The van der Waals surface area contributed by atoms with Crippen LogP contribution in [-0.2, 0) is 19.6 Å². The monoisotopic (exact) mass is 287 g/mol. The van der Waals surface area contributed by atoms with E-state index in [1.165, 1.54) is 0 Å². The Balaban J connectivity index is 1.72. The van der Waals surface area contributed by atoms with Crippen LogP contribution in [0.25, 0.3) is 0 Å². The number of fused-ring (bicyclic) bond motifs is 1. The first-order valence-corrected chi connectivity index (χ1v) is 7.03. The zero-order valence-electron chi connectivity index (χ0n) is 11.9. The zero-order chi connectivity index (χ0) is 14.8. The Kier molecular flexibility index (Phi) is 3.60. The minimum Gasteiger partial charge on any atom is -0.486 e. The number of rotatable bonds is 4. The van der Waals surface area contributed by atoms with Gasteiger partial charge in [-0.05, 0) is 43.5 Å². The van der Waals surface area contributed by atoms with E-state index in [0.29, 0.717) is 23.5 Å². The van der Waals surface area contributed by atoms with Gasteiger partial charge < -0.3 is 14.4 Å². The lowest BCUT2D eigenvalue weighted by atomic mass is 10.1. The average Bonchev–Trinajstić information content (AvgIpc) is 2.88. The molecule has 0 saturated carbocycles. The lowest BCUT2D eigenvalue weighted by Crippen LogP contribution is -2.14. The van der Waals surface area contributed by atoms with Crippen LogP contribution in [0.15, 0.2) is 18.2 Å². The van der Waals surface area contributed by atoms with Crippen molar-refractivity contribution in [1.82, 2.24) is 14.8 Å². The molecule has 1 aliphatic heterocycles. The Morgan fingerprint density at radius 1 is 1.38 bits per heavy atom. The molecule has 3 rings (SSSR count). The van der Waals surface area contributed by atoms with Crippen LogP contribution in [-0.4, -0.2) is 25.8 Å². The molecule has 0 bridgehead atoms. The third kappa shape index (κ3) is 2.74. The van der Waals surface area contributed by atoms with Crippen LogP contribution in [0, 0.1) is 6.92 Å². The van der Waals surface area contributed by atoms with E-state index in [4.69, 9.17) is 9.84 Å². The maximum absolute atomic E-state index is 11.0. The second-order valence-electron chi connectivity index (χ2n) is 5.21. The Hall–Kier alpha value is -2.37. The van der Waals surface area contributed by atoms with Crippen LogP contribution in [0.1, 0.15) is 40.4 Å². The highest BCUT2D eigenvalue weighted by molar-refractivity contribution is 5.89. The number of hydrogen-bond donors (Lipinski definition) is 1. The van der Waals surface area contributed by atoms with E-state index >= 15 is 0 Å². The number of carboxylic acids is 1. The molecule has 0 saturated heterocycles. The van der Waals surface area contributed by atoms with Crippen LogP contribution < -0.4 is 4.74 Å². The molecule has 2 heterocycles. The van der Waals surface area contributed by atoms with Gasteiger partial charge in [-0.3, -0.25) is 0 Å². The predicted octanol–water partition coefficient (Wildman–Crippen LogP) is 2.20. The molecule has 1 aliphatic rings. The molecule has 1 aromatic heterocycles. The molecule has 2 aromatic rings. The van der Waals surface area contributed by atoms with Crippen molar-refractivity contribution in [1.29, 1.82) is 0 Å². The van der Waals surface area contributed by atoms with Gasteiger partial charge in [0.15, 0.2) is 5.82 Å². The van der Waals surface area contributed by atoms with E-state index in [1.807, 2.05) is 0 Å². The fourth-order valence-corrected chi connectivity index (χ4v) is 2.59. The fraction of sp³-hybridized carbons (Fsp3) is 0.400. The van der Waals surface area contributed by atoms with Gasteiger partial charge in [0, 0.05) is 13.0 Å². The summed E-state index contributed by atoms with van der Waals surface area (Å²) >= 11 is 0. The van der Waals surface area contributed by atoms with E-state index in [1.54, 1.807) is 25.1 Å². The number of aromatic nitrogens is 3. The molecule has 6 heteroatoms. The minimum absolute atomic E-state index is 0.294. The van der Waals surface area contributed by atoms with Crippen molar-refractivity contribution in [2.24, 2.45) is 0 Å². The van der Waals surface area contributed by atoms with E-state index in [0.717, 1.165) is 37.5 Å². The molecule has 0 radical (unpaired) electrons. The van der Waals surface area contributed by atoms with Gasteiger partial charge >= 0.3 is 5.97 Å². The SMILES string of the molecule is Cc1cc(OCc2nnc3n2CCCC3)ccc1C(=O)O. The molecule has 0 atom stereocenters. The second-order valence-corrected chi connectivity index (χ2v) is 5.21. The van der Waals surface area contributed by atoms with Gasteiger partial charge in [0.05, 0.1) is 5.56 Å². The summed E-state index contributed by atoms with van der Waals surface area (Å²) in [5, 5.41) is 17.4. The van der Waals surface area contributed by atoms with Crippen LogP contribution in [0.5, 0.6) is 5.75 Å². The number of nitrogens with zero attached hydrogens (tertiary/aromatic N) is 3. The number of hydrogen-bond acceptors (Lipinski definition) is 4. The lowest BCUT2D eigenvalue weighted by molar-refractivity contribution is 0.0696. The van der Waals surface area contributed by atoms with Crippen LogP contribution in [0.3, 0.4) is 0 Å². The number of carbonyl (C=O) groups is 1. The van der Waals surface area contributed by atoms with Gasteiger partial charge in [-0.2, -0.15) is 0 Å². The number of aryl methyl sites for hydroxylation is 2. The molecule has 21 heavy (non-hydrogen) atoms. The molecule has 0 aliphatic carbocycles. The highest BCUT2D eigenvalue weighted by Crippen LogP contribution is 2.19. The summed E-state index contributed by atoms with van der Waals surface area (Å²) in [5.41, 5.74) is 0.977. The molecule has 0 fully saturated rings. The number of benzene rings is 1. The second kappa shape index (κ2) is 5.55. The topological polar surface area (TPSA) is 77.2 Å². The van der Waals surface area contributed by atoms with Crippen molar-refractivity contribution in [3.63, 3.8) is 0 Å². The summed E-state index contributed by atoms with van der Waals surface area (Å²) in [5.74, 6) is 1.57.